The predicted molar refractivity (Wildman–Crippen MR) is 78.2 cm³/mol. The number of carbonyl (C=O) groups is 2. The van der Waals surface area contributed by atoms with Crippen molar-refractivity contribution in [2.24, 2.45) is 7.05 Å². The Bertz CT molecular complexity index is 487. The van der Waals surface area contributed by atoms with Crippen molar-refractivity contribution < 1.29 is 14.3 Å². The average molecular weight is 296 g/mol. The minimum Gasteiger partial charge on any atom is -0.466 e. The molecule has 6 heteroatoms. The molecule has 1 aliphatic rings. The van der Waals surface area contributed by atoms with E-state index in [2.05, 4.69) is 0 Å². The lowest BCUT2D eigenvalue weighted by Gasteiger charge is -2.35. The number of hydrogen-bond donors (Lipinski definition) is 0. The molecule has 0 aromatic carbocycles. The zero-order valence-electron chi connectivity index (χ0n) is 11.9. The second kappa shape index (κ2) is 6.83. The van der Waals surface area contributed by atoms with Gasteiger partial charge in [-0.2, -0.15) is 0 Å². The molecule has 1 aromatic heterocycles. The molecule has 0 aliphatic carbocycles. The van der Waals surface area contributed by atoms with Crippen LogP contribution in [0.2, 0.25) is 0 Å². The third kappa shape index (κ3) is 3.36. The van der Waals surface area contributed by atoms with Gasteiger partial charge in [0.2, 0.25) is 5.91 Å². The molecular weight excluding hydrogens is 276 g/mol. The van der Waals surface area contributed by atoms with Gasteiger partial charge in [-0.3, -0.25) is 9.59 Å². The summed E-state index contributed by atoms with van der Waals surface area (Å²) in [6.45, 7) is 2.58. The van der Waals surface area contributed by atoms with Crippen LogP contribution in [0.5, 0.6) is 0 Å². The van der Waals surface area contributed by atoms with Gasteiger partial charge in [0.05, 0.1) is 18.7 Å². The first-order valence-electron chi connectivity index (χ1n) is 6.81. The second-order valence-electron chi connectivity index (χ2n) is 4.66. The summed E-state index contributed by atoms with van der Waals surface area (Å²) in [4.78, 5) is 25.4. The van der Waals surface area contributed by atoms with Crippen molar-refractivity contribution in [3.05, 3.63) is 24.0 Å². The summed E-state index contributed by atoms with van der Waals surface area (Å²) in [5.74, 6) is 0.686. The number of nitrogens with zero attached hydrogens (tertiary/aromatic N) is 2. The quantitative estimate of drug-likeness (QED) is 0.779. The number of aryl methyl sites for hydroxylation is 1. The summed E-state index contributed by atoms with van der Waals surface area (Å²) >= 11 is 1.74. The molecule has 1 fully saturated rings. The molecule has 1 unspecified atom stereocenters. The predicted octanol–water partition coefficient (Wildman–Crippen LogP) is 1.94. The van der Waals surface area contributed by atoms with Gasteiger partial charge < -0.3 is 14.2 Å². The molecule has 0 saturated carbocycles. The Kier molecular flexibility index (Phi) is 5.11. The van der Waals surface area contributed by atoms with Crippen LogP contribution in [0.25, 0.3) is 0 Å². The standard InChI is InChI=1S/C14H20N2O3S/c1-3-19-13(18)6-9-16-12(17)7-10-20-14(16)11-5-4-8-15(11)2/h4-5,8,14H,3,6-7,9-10H2,1-2H3. The van der Waals surface area contributed by atoms with E-state index < -0.39 is 0 Å². The summed E-state index contributed by atoms with van der Waals surface area (Å²) in [5, 5.41) is -0.00863. The van der Waals surface area contributed by atoms with E-state index in [4.69, 9.17) is 4.74 Å². The molecule has 5 nitrogen and oxygen atoms in total. The van der Waals surface area contributed by atoms with Crippen LogP contribution >= 0.6 is 11.8 Å². The maximum Gasteiger partial charge on any atom is 0.307 e. The Labute approximate surface area is 123 Å². The van der Waals surface area contributed by atoms with Crippen LogP contribution in [0, 0.1) is 0 Å². The van der Waals surface area contributed by atoms with Gasteiger partial charge in [-0.1, -0.05) is 0 Å². The molecule has 1 aliphatic heterocycles. The largest absolute Gasteiger partial charge is 0.466 e. The van der Waals surface area contributed by atoms with Crippen LogP contribution in [0.1, 0.15) is 30.8 Å². The topological polar surface area (TPSA) is 51.5 Å². The number of aromatic nitrogens is 1. The average Bonchev–Trinajstić information content (AvgIpc) is 2.83. The van der Waals surface area contributed by atoms with E-state index in [9.17, 15) is 9.59 Å². The van der Waals surface area contributed by atoms with Crippen LogP contribution in [0.3, 0.4) is 0 Å². The number of amides is 1. The number of rotatable bonds is 5. The molecule has 0 bridgehead atoms. The SMILES string of the molecule is CCOC(=O)CCN1C(=O)CCSC1c1cccn1C. The number of hydrogen-bond acceptors (Lipinski definition) is 4. The van der Waals surface area contributed by atoms with Crippen molar-refractivity contribution in [3.63, 3.8) is 0 Å². The molecule has 0 spiro atoms. The van der Waals surface area contributed by atoms with E-state index in [1.165, 1.54) is 0 Å². The van der Waals surface area contributed by atoms with Crippen molar-refractivity contribution >= 4 is 23.6 Å². The molecule has 2 rings (SSSR count). The van der Waals surface area contributed by atoms with Gasteiger partial charge in [0.15, 0.2) is 0 Å². The number of carbonyl (C=O) groups excluding carboxylic acids is 2. The van der Waals surface area contributed by atoms with E-state index in [0.717, 1.165) is 11.4 Å². The summed E-state index contributed by atoms with van der Waals surface area (Å²) in [6, 6.07) is 3.99. The molecule has 0 radical (unpaired) electrons. The van der Waals surface area contributed by atoms with E-state index in [-0.39, 0.29) is 23.7 Å². The van der Waals surface area contributed by atoms with Gasteiger partial charge in [0, 0.05) is 32.0 Å². The van der Waals surface area contributed by atoms with Gasteiger partial charge in [0.1, 0.15) is 5.37 Å². The maximum absolute atomic E-state index is 12.1. The third-order valence-corrected chi connectivity index (χ3v) is 4.55. The highest BCUT2D eigenvalue weighted by Gasteiger charge is 2.31. The van der Waals surface area contributed by atoms with Crippen molar-refractivity contribution in [1.82, 2.24) is 9.47 Å². The molecule has 1 atom stereocenters. The summed E-state index contributed by atoms with van der Waals surface area (Å²) in [6.07, 6.45) is 2.76. The fourth-order valence-electron chi connectivity index (χ4n) is 2.28. The highest BCUT2D eigenvalue weighted by molar-refractivity contribution is 7.99. The highest BCUT2D eigenvalue weighted by Crippen LogP contribution is 2.37. The third-order valence-electron chi connectivity index (χ3n) is 3.29. The van der Waals surface area contributed by atoms with Crippen molar-refractivity contribution in [1.29, 1.82) is 0 Å². The lowest BCUT2D eigenvalue weighted by Crippen LogP contribution is -2.39. The van der Waals surface area contributed by atoms with E-state index >= 15 is 0 Å². The minimum absolute atomic E-state index is 0.00863. The molecule has 1 amide bonds. The van der Waals surface area contributed by atoms with E-state index in [1.807, 2.05) is 29.9 Å². The van der Waals surface area contributed by atoms with Crippen LogP contribution < -0.4 is 0 Å². The van der Waals surface area contributed by atoms with Gasteiger partial charge in [0.25, 0.3) is 0 Å². The van der Waals surface area contributed by atoms with Gasteiger partial charge in [-0.05, 0) is 19.1 Å². The zero-order chi connectivity index (χ0) is 14.5. The Morgan fingerprint density at radius 2 is 2.35 bits per heavy atom. The summed E-state index contributed by atoms with van der Waals surface area (Å²) < 4.78 is 6.95. The first kappa shape index (κ1) is 15.0. The maximum atomic E-state index is 12.1. The molecular formula is C14H20N2O3S. The number of ether oxygens (including phenoxy) is 1. The zero-order valence-corrected chi connectivity index (χ0v) is 12.7. The lowest BCUT2D eigenvalue weighted by atomic mass is 10.3. The summed E-state index contributed by atoms with van der Waals surface area (Å²) in [5.41, 5.74) is 1.09. The molecule has 110 valence electrons. The van der Waals surface area contributed by atoms with E-state index in [0.29, 0.717) is 19.6 Å². The first-order valence-corrected chi connectivity index (χ1v) is 7.86. The monoisotopic (exact) mass is 296 g/mol. The minimum atomic E-state index is -0.249. The molecule has 1 aromatic rings. The van der Waals surface area contributed by atoms with Gasteiger partial charge >= 0.3 is 5.97 Å². The highest BCUT2D eigenvalue weighted by atomic mass is 32.2. The van der Waals surface area contributed by atoms with Gasteiger partial charge in [-0.15, -0.1) is 11.8 Å². The van der Waals surface area contributed by atoms with E-state index in [1.54, 1.807) is 23.6 Å². The lowest BCUT2D eigenvalue weighted by molar-refractivity contribution is -0.144. The Morgan fingerprint density at radius 1 is 1.55 bits per heavy atom. The number of esters is 1. The van der Waals surface area contributed by atoms with Crippen LogP contribution in [-0.2, 0) is 21.4 Å². The smallest absolute Gasteiger partial charge is 0.307 e. The van der Waals surface area contributed by atoms with Crippen molar-refractivity contribution in [3.8, 4) is 0 Å². The molecule has 20 heavy (non-hydrogen) atoms. The fraction of sp³-hybridized carbons (Fsp3) is 0.571. The Hall–Kier alpha value is -1.43. The van der Waals surface area contributed by atoms with Crippen LogP contribution in [0.15, 0.2) is 18.3 Å². The number of thioether (sulfide) groups is 1. The Balaban J connectivity index is 2.07. The molecule has 1 saturated heterocycles. The van der Waals surface area contributed by atoms with Crippen molar-refractivity contribution in [2.75, 3.05) is 18.9 Å². The van der Waals surface area contributed by atoms with Gasteiger partial charge in [-0.25, -0.2) is 0 Å². The fourth-order valence-corrected chi connectivity index (χ4v) is 3.62. The first-order chi connectivity index (χ1) is 9.63. The Morgan fingerprint density at radius 3 is 3.00 bits per heavy atom. The summed E-state index contributed by atoms with van der Waals surface area (Å²) in [7, 11) is 1.97. The van der Waals surface area contributed by atoms with Crippen LogP contribution in [0.4, 0.5) is 0 Å². The molecule has 0 N–H and O–H groups in total. The normalized spacial score (nSPS) is 19.2. The van der Waals surface area contributed by atoms with Crippen molar-refractivity contribution in [2.45, 2.75) is 25.1 Å². The second-order valence-corrected chi connectivity index (χ2v) is 5.85. The molecule has 2 heterocycles. The van der Waals surface area contributed by atoms with Crippen LogP contribution in [-0.4, -0.2) is 40.2 Å².